The Morgan fingerprint density at radius 2 is 1.92 bits per heavy atom. The Bertz CT molecular complexity index is 700. The van der Waals surface area contributed by atoms with E-state index in [0.29, 0.717) is 24.3 Å². The topological polar surface area (TPSA) is 64.3 Å². The van der Waals surface area contributed by atoms with Crippen molar-refractivity contribution in [1.82, 2.24) is 24.6 Å². The van der Waals surface area contributed by atoms with E-state index >= 15 is 0 Å². The van der Waals surface area contributed by atoms with Crippen LogP contribution in [0.4, 0.5) is 0 Å². The van der Waals surface area contributed by atoms with Crippen LogP contribution >= 0.6 is 0 Å². The van der Waals surface area contributed by atoms with Crippen molar-refractivity contribution in [3.63, 3.8) is 0 Å². The van der Waals surface area contributed by atoms with Gasteiger partial charge in [0.15, 0.2) is 0 Å². The van der Waals surface area contributed by atoms with E-state index in [1.54, 1.807) is 10.9 Å². The monoisotopic (exact) mass is 359 g/mol. The van der Waals surface area contributed by atoms with Crippen molar-refractivity contribution in [3.05, 3.63) is 36.3 Å². The number of hydrogen-bond donors (Lipinski definition) is 1. The Hall–Kier alpha value is -2.12. The molecular weight excluding hydrogens is 330 g/mol. The van der Waals surface area contributed by atoms with Gasteiger partial charge in [-0.1, -0.05) is 0 Å². The molecule has 2 atom stereocenters. The van der Waals surface area contributed by atoms with Crippen LogP contribution in [0.2, 0.25) is 0 Å². The molecule has 1 amide bonds. The normalized spacial score (nSPS) is 21.0. The molecule has 0 saturated carbocycles. The van der Waals surface area contributed by atoms with Gasteiger partial charge in [-0.3, -0.25) is 14.4 Å². The van der Waals surface area contributed by atoms with Gasteiger partial charge >= 0.3 is 0 Å². The summed E-state index contributed by atoms with van der Waals surface area (Å²) < 4.78 is 9.38. The minimum absolute atomic E-state index is 0.0737. The van der Waals surface area contributed by atoms with Crippen molar-refractivity contribution in [2.75, 3.05) is 26.2 Å². The SMILES string of the molecule is C[C@@H]1CN(CCCCNC(=O)c2cnn(C)c2-n2cccc2)C[C@@H](C)O1. The summed E-state index contributed by atoms with van der Waals surface area (Å²) in [6, 6.07) is 3.87. The van der Waals surface area contributed by atoms with Crippen LogP contribution in [0.25, 0.3) is 5.82 Å². The third-order valence-electron chi connectivity index (χ3n) is 4.68. The number of unbranched alkanes of at least 4 members (excludes halogenated alkanes) is 1. The second-order valence-corrected chi connectivity index (χ2v) is 7.08. The van der Waals surface area contributed by atoms with Crippen LogP contribution in [-0.2, 0) is 11.8 Å². The minimum atomic E-state index is -0.0737. The van der Waals surface area contributed by atoms with Crippen LogP contribution < -0.4 is 5.32 Å². The molecule has 1 saturated heterocycles. The number of aromatic nitrogens is 3. The van der Waals surface area contributed by atoms with Gasteiger partial charge in [0.2, 0.25) is 0 Å². The second kappa shape index (κ2) is 8.51. The zero-order valence-electron chi connectivity index (χ0n) is 15.9. The van der Waals surface area contributed by atoms with Crippen molar-refractivity contribution in [3.8, 4) is 5.82 Å². The number of rotatable bonds is 7. The van der Waals surface area contributed by atoms with E-state index < -0.39 is 0 Å². The predicted molar refractivity (Wildman–Crippen MR) is 101 cm³/mol. The molecule has 3 heterocycles. The van der Waals surface area contributed by atoms with Gasteiger partial charge < -0.3 is 14.6 Å². The highest BCUT2D eigenvalue weighted by molar-refractivity contribution is 5.97. The summed E-state index contributed by atoms with van der Waals surface area (Å²) in [6.07, 6.45) is 8.09. The van der Waals surface area contributed by atoms with E-state index in [9.17, 15) is 4.79 Å². The first-order valence-corrected chi connectivity index (χ1v) is 9.36. The first-order valence-electron chi connectivity index (χ1n) is 9.36. The fourth-order valence-corrected chi connectivity index (χ4v) is 3.60. The molecule has 7 heteroatoms. The average Bonchev–Trinajstić information content (AvgIpc) is 3.22. The highest BCUT2D eigenvalue weighted by atomic mass is 16.5. The fraction of sp³-hybridized carbons (Fsp3) is 0.579. The Kier molecular flexibility index (Phi) is 6.11. The standard InChI is InChI=1S/C19H29N5O2/c1-15-13-23(14-16(2)26-15)9-5-4-8-20-18(25)17-12-21-22(3)19(17)24-10-6-7-11-24/h6-7,10-12,15-16H,4-5,8-9,13-14H2,1-3H3,(H,20,25)/t15-,16-/m1/s1. The van der Waals surface area contributed by atoms with Gasteiger partial charge in [0.1, 0.15) is 11.4 Å². The second-order valence-electron chi connectivity index (χ2n) is 7.08. The van der Waals surface area contributed by atoms with Gasteiger partial charge in [-0.05, 0) is 45.4 Å². The summed E-state index contributed by atoms with van der Waals surface area (Å²) in [4.78, 5) is 15.0. The van der Waals surface area contributed by atoms with Gasteiger partial charge in [0, 0.05) is 39.1 Å². The average molecular weight is 359 g/mol. The molecule has 1 aliphatic heterocycles. The van der Waals surface area contributed by atoms with Crippen molar-refractivity contribution < 1.29 is 9.53 Å². The van der Waals surface area contributed by atoms with E-state index in [1.165, 1.54) is 0 Å². The first-order chi connectivity index (χ1) is 12.5. The van der Waals surface area contributed by atoms with Crippen LogP contribution in [0.5, 0.6) is 0 Å². The smallest absolute Gasteiger partial charge is 0.256 e. The summed E-state index contributed by atoms with van der Waals surface area (Å²) in [5.41, 5.74) is 0.597. The molecule has 0 spiro atoms. The molecule has 0 bridgehead atoms. The van der Waals surface area contributed by atoms with E-state index in [1.807, 2.05) is 36.1 Å². The van der Waals surface area contributed by atoms with Crippen molar-refractivity contribution in [1.29, 1.82) is 0 Å². The van der Waals surface area contributed by atoms with Crippen LogP contribution in [0.3, 0.4) is 0 Å². The lowest BCUT2D eigenvalue weighted by atomic mass is 10.2. The van der Waals surface area contributed by atoms with E-state index in [-0.39, 0.29) is 5.91 Å². The van der Waals surface area contributed by atoms with Crippen LogP contribution in [-0.4, -0.2) is 63.5 Å². The molecule has 26 heavy (non-hydrogen) atoms. The summed E-state index contributed by atoms with van der Waals surface area (Å²) in [6.45, 7) is 7.96. The number of hydrogen-bond acceptors (Lipinski definition) is 4. The maximum atomic E-state index is 12.5. The maximum Gasteiger partial charge on any atom is 0.256 e. The number of aryl methyl sites for hydroxylation is 1. The Morgan fingerprint density at radius 3 is 2.62 bits per heavy atom. The highest BCUT2D eigenvalue weighted by Crippen LogP contribution is 2.14. The zero-order chi connectivity index (χ0) is 18.5. The Balaban J connectivity index is 1.44. The van der Waals surface area contributed by atoms with Crippen molar-refractivity contribution in [2.24, 2.45) is 7.05 Å². The van der Waals surface area contributed by atoms with E-state index in [0.717, 1.165) is 38.3 Å². The number of nitrogens with one attached hydrogen (secondary N) is 1. The highest BCUT2D eigenvalue weighted by Gasteiger charge is 2.21. The van der Waals surface area contributed by atoms with Gasteiger partial charge in [-0.15, -0.1) is 0 Å². The lowest BCUT2D eigenvalue weighted by Gasteiger charge is -2.35. The van der Waals surface area contributed by atoms with Crippen LogP contribution in [0.1, 0.15) is 37.0 Å². The molecule has 7 nitrogen and oxygen atoms in total. The van der Waals surface area contributed by atoms with Crippen LogP contribution in [0.15, 0.2) is 30.7 Å². The molecule has 0 radical (unpaired) electrons. The molecule has 1 fully saturated rings. The molecule has 1 N–H and O–H groups in total. The van der Waals surface area contributed by atoms with Gasteiger partial charge in [-0.2, -0.15) is 5.10 Å². The molecular formula is C19H29N5O2. The number of morpholine rings is 1. The number of nitrogens with zero attached hydrogens (tertiary/aromatic N) is 4. The lowest BCUT2D eigenvalue weighted by Crippen LogP contribution is -2.45. The lowest BCUT2D eigenvalue weighted by molar-refractivity contribution is -0.0681. The molecule has 0 aliphatic carbocycles. The van der Waals surface area contributed by atoms with Gasteiger partial charge in [0.05, 0.1) is 18.4 Å². The summed E-state index contributed by atoms with van der Waals surface area (Å²) in [5, 5.41) is 7.25. The van der Waals surface area contributed by atoms with E-state index in [2.05, 4.69) is 29.2 Å². The number of ether oxygens (including phenoxy) is 1. The minimum Gasteiger partial charge on any atom is -0.373 e. The van der Waals surface area contributed by atoms with E-state index in [4.69, 9.17) is 4.74 Å². The molecule has 0 aromatic carbocycles. The molecule has 142 valence electrons. The number of amides is 1. The molecule has 2 aromatic rings. The molecule has 3 rings (SSSR count). The summed E-state index contributed by atoms with van der Waals surface area (Å²) >= 11 is 0. The number of carbonyl (C=O) groups is 1. The quantitative estimate of drug-likeness (QED) is 0.766. The van der Waals surface area contributed by atoms with Gasteiger partial charge in [-0.25, -0.2) is 0 Å². The van der Waals surface area contributed by atoms with Crippen molar-refractivity contribution >= 4 is 5.91 Å². The summed E-state index contributed by atoms with van der Waals surface area (Å²) in [7, 11) is 1.84. The predicted octanol–water partition coefficient (Wildman–Crippen LogP) is 1.83. The number of carbonyl (C=O) groups excluding carboxylic acids is 1. The summed E-state index contributed by atoms with van der Waals surface area (Å²) in [5.74, 6) is 0.708. The zero-order valence-corrected chi connectivity index (χ0v) is 15.9. The molecule has 1 aliphatic rings. The Morgan fingerprint density at radius 1 is 1.23 bits per heavy atom. The fourth-order valence-electron chi connectivity index (χ4n) is 3.60. The molecule has 2 aromatic heterocycles. The third kappa shape index (κ3) is 4.53. The molecule has 0 unspecified atom stereocenters. The van der Waals surface area contributed by atoms with Gasteiger partial charge in [0.25, 0.3) is 5.91 Å². The van der Waals surface area contributed by atoms with Crippen LogP contribution in [0, 0.1) is 0 Å². The van der Waals surface area contributed by atoms with Crippen molar-refractivity contribution in [2.45, 2.75) is 38.9 Å². The Labute approximate surface area is 154 Å². The first kappa shape index (κ1) is 18.7. The third-order valence-corrected chi connectivity index (χ3v) is 4.68. The maximum absolute atomic E-state index is 12.5. The largest absolute Gasteiger partial charge is 0.373 e.